The normalized spacial score (nSPS) is 16.7. The van der Waals surface area contributed by atoms with Gasteiger partial charge in [-0.05, 0) is 51.8 Å². The first-order chi connectivity index (χ1) is 19.7. The minimum absolute atomic E-state index is 0.0886. The lowest BCUT2D eigenvalue weighted by molar-refractivity contribution is -0.117. The zero-order valence-corrected chi connectivity index (χ0v) is 23.0. The van der Waals surface area contributed by atoms with Crippen LogP contribution in [0.3, 0.4) is 0 Å². The monoisotopic (exact) mass is 551 g/mol. The second kappa shape index (κ2) is 10.3. The molecule has 0 bridgehead atoms. The fraction of sp³-hybridized carbons (Fsp3) is 0.258. The smallest absolute Gasteiger partial charge is 0.269 e. The van der Waals surface area contributed by atoms with Crippen molar-refractivity contribution in [1.82, 2.24) is 20.1 Å². The summed E-state index contributed by atoms with van der Waals surface area (Å²) in [5, 5.41) is 13.4. The van der Waals surface area contributed by atoms with Crippen molar-refractivity contribution >= 4 is 29.0 Å². The van der Waals surface area contributed by atoms with Crippen molar-refractivity contribution in [2.75, 3.05) is 10.6 Å². The number of aromatic nitrogens is 3. The summed E-state index contributed by atoms with van der Waals surface area (Å²) in [5.41, 5.74) is 2.51. The summed E-state index contributed by atoms with van der Waals surface area (Å²) < 4.78 is 16.9. The van der Waals surface area contributed by atoms with E-state index in [9.17, 15) is 9.59 Å². The van der Waals surface area contributed by atoms with Crippen LogP contribution >= 0.6 is 0 Å². The lowest BCUT2D eigenvalue weighted by Gasteiger charge is -2.18. The molecule has 1 atom stereocenters. The minimum atomic E-state index is -1.25. The van der Waals surface area contributed by atoms with E-state index < -0.39 is 29.5 Å². The number of para-hydroxylation sites is 1. The first-order valence-corrected chi connectivity index (χ1v) is 13.6. The fourth-order valence-electron chi connectivity index (χ4n) is 4.59. The summed E-state index contributed by atoms with van der Waals surface area (Å²) >= 11 is 0. The van der Waals surface area contributed by atoms with Crippen molar-refractivity contribution in [2.24, 2.45) is 4.99 Å². The highest BCUT2D eigenvalue weighted by Gasteiger charge is 2.31. The van der Waals surface area contributed by atoms with Crippen molar-refractivity contribution in [3.8, 4) is 11.3 Å². The van der Waals surface area contributed by atoms with E-state index in [2.05, 4.69) is 26.0 Å². The van der Waals surface area contributed by atoms with Gasteiger partial charge in [0.1, 0.15) is 11.5 Å². The Kier molecular flexibility index (Phi) is 6.61. The maximum atomic E-state index is 15.3. The number of benzene rings is 2. The predicted molar refractivity (Wildman–Crippen MR) is 155 cm³/mol. The minimum Gasteiger partial charge on any atom is -0.367 e. The Morgan fingerprint density at radius 3 is 2.44 bits per heavy atom. The zero-order chi connectivity index (χ0) is 28.7. The van der Waals surface area contributed by atoms with Crippen LogP contribution in [-0.4, -0.2) is 44.5 Å². The van der Waals surface area contributed by atoms with E-state index >= 15 is 4.39 Å². The molecule has 0 saturated heterocycles. The average Bonchev–Trinajstić information content (AvgIpc) is 3.66. The molecule has 208 valence electrons. The predicted octanol–water partition coefficient (Wildman–Crippen LogP) is 4.96. The molecule has 1 aliphatic heterocycles. The van der Waals surface area contributed by atoms with E-state index in [0.29, 0.717) is 23.3 Å². The second-order valence-corrected chi connectivity index (χ2v) is 11.2. The summed E-state index contributed by atoms with van der Waals surface area (Å²) in [4.78, 5) is 35.8. The van der Waals surface area contributed by atoms with Gasteiger partial charge in [-0.15, -0.1) is 0 Å². The van der Waals surface area contributed by atoms with Crippen LogP contribution < -0.4 is 16.0 Å². The van der Waals surface area contributed by atoms with Gasteiger partial charge in [-0.3, -0.25) is 14.3 Å². The Morgan fingerprint density at radius 2 is 1.73 bits per heavy atom. The third-order valence-corrected chi connectivity index (χ3v) is 6.94. The van der Waals surface area contributed by atoms with Gasteiger partial charge in [0.15, 0.2) is 0 Å². The molecular weight excluding hydrogens is 521 g/mol. The number of hydrogen-bond acceptors (Lipinski definition) is 6. The second-order valence-electron chi connectivity index (χ2n) is 11.2. The number of anilines is 2. The number of amides is 2. The molecule has 10 heteroatoms. The Hall–Kier alpha value is -4.86. The molecule has 2 aromatic heterocycles. The van der Waals surface area contributed by atoms with E-state index in [0.717, 1.165) is 24.0 Å². The van der Waals surface area contributed by atoms with Gasteiger partial charge in [-0.2, -0.15) is 9.49 Å². The van der Waals surface area contributed by atoms with Gasteiger partial charge in [0.05, 0.1) is 28.1 Å². The summed E-state index contributed by atoms with van der Waals surface area (Å²) in [7, 11) is 0. The molecule has 0 spiro atoms. The number of aliphatic imine (C=N–C) groups is 1. The van der Waals surface area contributed by atoms with Crippen LogP contribution in [0.4, 0.5) is 15.9 Å². The Labute approximate surface area is 236 Å². The van der Waals surface area contributed by atoms with Gasteiger partial charge in [-0.25, -0.2) is 9.98 Å². The van der Waals surface area contributed by atoms with Crippen molar-refractivity contribution in [3.05, 3.63) is 95.6 Å². The highest BCUT2D eigenvalue weighted by atomic mass is 19.1. The van der Waals surface area contributed by atoms with Crippen molar-refractivity contribution in [3.63, 3.8) is 0 Å². The quantitative estimate of drug-likeness (QED) is 0.293. The van der Waals surface area contributed by atoms with E-state index in [1.165, 1.54) is 0 Å². The van der Waals surface area contributed by atoms with Crippen LogP contribution in [0.2, 0.25) is 0 Å². The van der Waals surface area contributed by atoms with Gasteiger partial charge in [0.25, 0.3) is 11.8 Å². The fourth-order valence-corrected chi connectivity index (χ4v) is 4.59. The average molecular weight is 552 g/mol. The highest BCUT2D eigenvalue weighted by molar-refractivity contribution is 6.20. The largest absolute Gasteiger partial charge is 0.367 e. The van der Waals surface area contributed by atoms with Crippen LogP contribution in [0.15, 0.2) is 77.9 Å². The molecule has 0 radical (unpaired) electrons. The van der Waals surface area contributed by atoms with E-state index in [1.807, 2.05) is 69.3 Å². The Balaban J connectivity index is 1.37. The number of carbonyl (C=O) groups excluding carboxylic acids is 2. The lowest BCUT2D eigenvalue weighted by atomic mass is 10.0. The van der Waals surface area contributed by atoms with E-state index in [1.54, 1.807) is 29.1 Å². The standard InChI is InChI=1S/C31H30FN7O2/c1-31(2,3)39-17-22(26(38-39)21-15-16-24(35-27(21)32)33-19-13-14-19)29(40)37-28-30(41)34-23-12-8-7-11-20(23)25(36-28)18-9-5-4-6-10-18/h4-12,15-17,19,28H,13-14H2,1-3H3,(H,33,35)(H,34,41)(H,37,40)/t28-/m1/s1. The molecule has 4 aromatic rings. The maximum absolute atomic E-state index is 15.3. The third kappa shape index (κ3) is 5.45. The number of halogens is 1. The molecule has 0 unspecified atom stereocenters. The van der Waals surface area contributed by atoms with Crippen molar-refractivity contribution in [2.45, 2.75) is 51.4 Å². The summed E-state index contributed by atoms with van der Waals surface area (Å²) in [6.45, 7) is 5.78. The Morgan fingerprint density at radius 1 is 1.00 bits per heavy atom. The molecule has 9 nitrogen and oxygen atoms in total. The van der Waals surface area contributed by atoms with Gasteiger partial charge < -0.3 is 16.0 Å². The molecule has 1 aliphatic carbocycles. The topological polar surface area (TPSA) is 113 Å². The molecule has 2 amide bonds. The molecule has 6 rings (SSSR count). The number of nitrogens with one attached hydrogen (secondary N) is 3. The molecule has 3 heterocycles. The number of pyridine rings is 1. The first-order valence-electron chi connectivity index (χ1n) is 13.6. The summed E-state index contributed by atoms with van der Waals surface area (Å²) in [6, 6.07) is 20.4. The highest BCUT2D eigenvalue weighted by Crippen LogP contribution is 2.30. The molecule has 2 aliphatic rings. The van der Waals surface area contributed by atoms with Gasteiger partial charge >= 0.3 is 0 Å². The molecule has 3 N–H and O–H groups in total. The van der Waals surface area contributed by atoms with Crippen molar-refractivity contribution in [1.29, 1.82) is 0 Å². The number of fused-ring (bicyclic) bond motifs is 1. The summed E-state index contributed by atoms with van der Waals surface area (Å²) in [6.07, 6.45) is 2.37. The third-order valence-electron chi connectivity index (χ3n) is 6.94. The van der Waals surface area contributed by atoms with Gasteiger partial charge in [-0.1, -0.05) is 48.5 Å². The molecule has 1 fully saturated rings. The van der Waals surface area contributed by atoms with E-state index in [-0.39, 0.29) is 16.8 Å². The molecule has 1 saturated carbocycles. The molecule has 41 heavy (non-hydrogen) atoms. The van der Waals surface area contributed by atoms with Crippen LogP contribution in [0.5, 0.6) is 0 Å². The number of nitrogens with zero attached hydrogens (tertiary/aromatic N) is 4. The lowest BCUT2D eigenvalue weighted by Crippen LogP contribution is -2.42. The SMILES string of the molecule is CC(C)(C)n1cc(C(=O)N[C@H]2N=C(c3ccccc3)c3ccccc3NC2=O)c(-c2ccc(NC3CC3)nc2F)n1. The first kappa shape index (κ1) is 26.4. The summed E-state index contributed by atoms with van der Waals surface area (Å²) in [5.74, 6) is -1.41. The number of rotatable bonds is 6. The van der Waals surface area contributed by atoms with Crippen LogP contribution in [0.25, 0.3) is 11.3 Å². The zero-order valence-electron chi connectivity index (χ0n) is 23.0. The van der Waals surface area contributed by atoms with Crippen LogP contribution in [0.1, 0.15) is 55.1 Å². The number of hydrogen-bond donors (Lipinski definition) is 3. The van der Waals surface area contributed by atoms with Gasteiger partial charge in [0.2, 0.25) is 12.1 Å². The maximum Gasteiger partial charge on any atom is 0.269 e. The molecular formula is C31H30FN7O2. The van der Waals surface area contributed by atoms with Crippen LogP contribution in [0, 0.1) is 5.95 Å². The Bertz CT molecular complexity index is 1670. The van der Waals surface area contributed by atoms with Crippen LogP contribution in [-0.2, 0) is 10.3 Å². The molecule has 2 aromatic carbocycles. The van der Waals surface area contributed by atoms with Crippen molar-refractivity contribution < 1.29 is 14.0 Å². The number of carbonyl (C=O) groups is 2. The van der Waals surface area contributed by atoms with E-state index in [4.69, 9.17) is 4.99 Å². The number of benzodiazepines with no additional fused rings is 1. The van der Waals surface area contributed by atoms with Gasteiger partial charge in [0, 0.05) is 23.4 Å².